The number of nitrogens with zero attached hydrogens (tertiary/aromatic N) is 3. The van der Waals surface area contributed by atoms with Crippen molar-refractivity contribution in [1.82, 2.24) is 15.1 Å². The van der Waals surface area contributed by atoms with Crippen LogP contribution in [0.4, 0.5) is 0 Å². The molecule has 4 heterocycles. The van der Waals surface area contributed by atoms with E-state index in [9.17, 15) is 4.79 Å². The van der Waals surface area contributed by atoms with Crippen LogP contribution in [0, 0.1) is 12.8 Å². The molecule has 0 N–H and O–H groups in total. The van der Waals surface area contributed by atoms with Crippen molar-refractivity contribution in [2.24, 2.45) is 5.92 Å². The molecule has 2 saturated heterocycles. The fourth-order valence-electron chi connectivity index (χ4n) is 3.40. The molecule has 0 aliphatic carbocycles. The van der Waals surface area contributed by atoms with Crippen molar-refractivity contribution in [2.45, 2.75) is 32.0 Å². The van der Waals surface area contributed by atoms with E-state index in [1.54, 1.807) is 24.3 Å². The van der Waals surface area contributed by atoms with Crippen LogP contribution in [0.25, 0.3) is 6.08 Å². The van der Waals surface area contributed by atoms with E-state index in [-0.39, 0.29) is 18.1 Å². The van der Waals surface area contributed by atoms with Gasteiger partial charge in [0.2, 0.25) is 17.7 Å². The van der Waals surface area contributed by atoms with Crippen molar-refractivity contribution in [3.05, 3.63) is 40.2 Å². The predicted molar refractivity (Wildman–Crippen MR) is 89.3 cm³/mol. The highest BCUT2D eigenvalue weighted by molar-refractivity contribution is 7.10. The van der Waals surface area contributed by atoms with Crippen LogP contribution in [0.5, 0.6) is 0 Å². The van der Waals surface area contributed by atoms with Gasteiger partial charge in [0, 0.05) is 36.9 Å². The normalized spacial score (nSPS) is 26.9. The number of aromatic nitrogens is 2. The zero-order chi connectivity index (χ0) is 16.5. The van der Waals surface area contributed by atoms with Crippen molar-refractivity contribution >= 4 is 23.3 Å². The van der Waals surface area contributed by atoms with Crippen molar-refractivity contribution in [3.8, 4) is 0 Å². The standard InChI is InChI=1S/C17H19N3O3S/c1-11-18-19-17(22-11)15-9-12-10-20(7-6-14(12)23-15)16(21)5-4-13-3-2-8-24-13/h2-5,8,12,14-15H,6-7,9-10H2,1H3/b5-4+/t12-,14-,15+/m1/s1. The minimum atomic E-state index is -0.141. The summed E-state index contributed by atoms with van der Waals surface area (Å²) in [5, 5.41) is 9.94. The molecule has 3 atom stereocenters. The third-order valence-electron chi connectivity index (χ3n) is 4.58. The molecule has 1 amide bonds. The Morgan fingerprint density at radius 3 is 3.12 bits per heavy atom. The fraction of sp³-hybridized carbons (Fsp3) is 0.471. The van der Waals surface area contributed by atoms with Crippen LogP contribution in [-0.4, -0.2) is 40.2 Å². The van der Waals surface area contributed by atoms with E-state index in [4.69, 9.17) is 9.15 Å². The minimum absolute atomic E-state index is 0.0685. The van der Waals surface area contributed by atoms with E-state index in [1.807, 2.05) is 28.5 Å². The van der Waals surface area contributed by atoms with Crippen molar-refractivity contribution < 1.29 is 13.9 Å². The first-order valence-electron chi connectivity index (χ1n) is 8.15. The molecule has 2 aliphatic heterocycles. The van der Waals surface area contributed by atoms with Crippen LogP contribution in [0.15, 0.2) is 28.0 Å². The van der Waals surface area contributed by atoms with E-state index in [2.05, 4.69) is 10.2 Å². The maximum atomic E-state index is 12.4. The number of carbonyl (C=O) groups is 1. The van der Waals surface area contributed by atoms with Gasteiger partial charge in [-0.15, -0.1) is 21.5 Å². The van der Waals surface area contributed by atoms with Crippen molar-refractivity contribution in [3.63, 3.8) is 0 Å². The Morgan fingerprint density at radius 2 is 2.38 bits per heavy atom. The summed E-state index contributed by atoms with van der Waals surface area (Å²) in [5.74, 6) is 1.50. The molecule has 2 fully saturated rings. The Labute approximate surface area is 144 Å². The molecule has 0 unspecified atom stereocenters. The van der Waals surface area contributed by atoms with Crippen molar-refractivity contribution in [2.75, 3.05) is 13.1 Å². The number of piperidine rings is 1. The molecular weight excluding hydrogens is 326 g/mol. The number of fused-ring (bicyclic) bond motifs is 1. The lowest BCUT2D eigenvalue weighted by Gasteiger charge is -2.33. The highest BCUT2D eigenvalue weighted by Gasteiger charge is 2.42. The largest absolute Gasteiger partial charge is 0.423 e. The van der Waals surface area contributed by atoms with Crippen molar-refractivity contribution in [1.29, 1.82) is 0 Å². The molecule has 2 aromatic heterocycles. The summed E-state index contributed by atoms with van der Waals surface area (Å²) >= 11 is 1.63. The number of rotatable bonds is 3. The van der Waals surface area contributed by atoms with Gasteiger partial charge in [-0.2, -0.15) is 0 Å². The van der Waals surface area contributed by atoms with Gasteiger partial charge in [0.05, 0.1) is 6.10 Å². The number of likely N-dealkylation sites (tertiary alicyclic amines) is 1. The molecule has 0 saturated carbocycles. The molecular formula is C17H19N3O3S. The van der Waals surface area contributed by atoms with Gasteiger partial charge in [-0.05, 0) is 30.4 Å². The zero-order valence-corrected chi connectivity index (χ0v) is 14.2. The Hall–Kier alpha value is -1.99. The first-order chi connectivity index (χ1) is 11.7. The lowest BCUT2D eigenvalue weighted by Crippen LogP contribution is -2.43. The monoisotopic (exact) mass is 345 g/mol. The van der Waals surface area contributed by atoms with E-state index < -0.39 is 0 Å². The third kappa shape index (κ3) is 3.14. The second-order valence-corrected chi connectivity index (χ2v) is 7.22. The Kier molecular flexibility index (Phi) is 4.20. The van der Waals surface area contributed by atoms with E-state index in [1.165, 1.54) is 0 Å². The molecule has 2 aromatic rings. The van der Waals surface area contributed by atoms with Gasteiger partial charge in [-0.1, -0.05) is 6.07 Å². The van der Waals surface area contributed by atoms with Gasteiger partial charge in [-0.3, -0.25) is 4.79 Å². The number of ether oxygens (including phenoxy) is 1. The second kappa shape index (κ2) is 6.49. The maximum absolute atomic E-state index is 12.4. The third-order valence-corrected chi connectivity index (χ3v) is 5.42. The van der Waals surface area contributed by atoms with Crippen LogP contribution < -0.4 is 0 Å². The zero-order valence-electron chi connectivity index (χ0n) is 13.4. The minimum Gasteiger partial charge on any atom is -0.423 e. The lowest BCUT2D eigenvalue weighted by molar-refractivity contribution is -0.129. The van der Waals surface area contributed by atoms with Gasteiger partial charge in [0.1, 0.15) is 6.10 Å². The first kappa shape index (κ1) is 15.5. The smallest absolute Gasteiger partial charge is 0.246 e. The highest BCUT2D eigenvalue weighted by Crippen LogP contribution is 2.40. The summed E-state index contributed by atoms with van der Waals surface area (Å²) in [5.41, 5.74) is 0. The SMILES string of the molecule is Cc1nnc([C@@H]2C[C@@H]3CN(C(=O)/C=C/c4cccs4)CC[C@H]3O2)o1. The number of carbonyl (C=O) groups excluding carboxylic acids is 1. The number of hydrogen-bond acceptors (Lipinski definition) is 6. The lowest BCUT2D eigenvalue weighted by atomic mass is 9.93. The summed E-state index contributed by atoms with van der Waals surface area (Å²) < 4.78 is 11.6. The van der Waals surface area contributed by atoms with Crippen LogP contribution in [0.3, 0.4) is 0 Å². The number of hydrogen-bond donors (Lipinski definition) is 0. The number of amides is 1. The summed E-state index contributed by atoms with van der Waals surface area (Å²) in [4.78, 5) is 15.4. The van der Waals surface area contributed by atoms with Crippen LogP contribution >= 0.6 is 11.3 Å². The second-order valence-electron chi connectivity index (χ2n) is 6.24. The van der Waals surface area contributed by atoms with Gasteiger partial charge >= 0.3 is 0 Å². The van der Waals surface area contributed by atoms with Crippen LogP contribution in [-0.2, 0) is 9.53 Å². The molecule has 4 rings (SSSR count). The summed E-state index contributed by atoms with van der Waals surface area (Å²) in [6.45, 7) is 3.23. The van der Waals surface area contributed by atoms with E-state index in [0.29, 0.717) is 17.7 Å². The summed E-state index contributed by atoms with van der Waals surface area (Å²) in [7, 11) is 0. The van der Waals surface area contributed by atoms with Crippen LogP contribution in [0.1, 0.15) is 35.6 Å². The first-order valence-corrected chi connectivity index (χ1v) is 9.03. The molecule has 6 nitrogen and oxygen atoms in total. The molecule has 24 heavy (non-hydrogen) atoms. The molecule has 7 heteroatoms. The Morgan fingerprint density at radius 1 is 1.46 bits per heavy atom. The molecule has 0 aromatic carbocycles. The fourth-order valence-corrected chi connectivity index (χ4v) is 4.02. The maximum Gasteiger partial charge on any atom is 0.246 e. The van der Waals surface area contributed by atoms with Gasteiger partial charge in [-0.25, -0.2) is 0 Å². The number of aryl methyl sites for hydroxylation is 1. The molecule has 0 spiro atoms. The Balaban J connectivity index is 1.38. The summed E-state index contributed by atoms with van der Waals surface area (Å²) in [6, 6.07) is 3.98. The number of thiophene rings is 1. The highest BCUT2D eigenvalue weighted by atomic mass is 32.1. The molecule has 126 valence electrons. The molecule has 0 bridgehead atoms. The van der Waals surface area contributed by atoms with Gasteiger partial charge in [0.25, 0.3) is 0 Å². The Bertz CT molecular complexity index is 740. The quantitative estimate of drug-likeness (QED) is 0.800. The topological polar surface area (TPSA) is 68.5 Å². The molecule has 0 radical (unpaired) electrons. The van der Waals surface area contributed by atoms with Gasteiger partial charge in [0.15, 0.2) is 0 Å². The average Bonchev–Trinajstić information content (AvgIpc) is 3.31. The average molecular weight is 345 g/mol. The van der Waals surface area contributed by atoms with E-state index >= 15 is 0 Å². The van der Waals surface area contributed by atoms with Crippen LogP contribution in [0.2, 0.25) is 0 Å². The predicted octanol–water partition coefficient (Wildman–Crippen LogP) is 2.83. The molecule has 2 aliphatic rings. The van der Waals surface area contributed by atoms with E-state index in [0.717, 1.165) is 30.8 Å². The van der Waals surface area contributed by atoms with Gasteiger partial charge < -0.3 is 14.1 Å². The summed E-state index contributed by atoms with van der Waals surface area (Å²) in [6.07, 6.45) is 5.26.